The lowest BCUT2D eigenvalue weighted by Crippen LogP contribution is -2.35. The summed E-state index contributed by atoms with van der Waals surface area (Å²) in [7, 11) is -3.59. The van der Waals surface area contributed by atoms with E-state index in [1.807, 2.05) is 6.92 Å². The maximum absolute atomic E-state index is 12.8. The highest BCUT2D eigenvalue weighted by Gasteiger charge is 2.29. The van der Waals surface area contributed by atoms with Crippen LogP contribution in [0, 0.1) is 6.92 Å². The molecule has 1 amide bonds. The third-order valence-corrected chi connectivity index (χ3v) is 5.61. The number of unbranched alkanes of at least 4 members (excludes halogenated alkanes) is 1. The standard InChI is InChI=1S/C17H26N2O4S/c1-3-4-9-19(10-11-20)17(21)16-12-15(8-5-13(16)2)24(22,23)18-14-6-7-14/h5,8,12,14,18,20H,3-4,6-7,9-11H2,1-2H3. The third-order valence-electron chi connectivity index (χ3n) is 4.09. The number of aliphatic hydroxyl groups is 1. The lowest BCUT2D eigenvalue weighted by Gasteiger charge is -2.23. The fraction of sp³-hybridized carbons (Fsp3) is 0.588. The van der Waals surface area contributed by atoms with Gasteiger partial charge in [-0.3, -0.25) is 4.79 Å². The van der Waals surface area contributed by atoms with Gasteiger partial charge in [-0.15, -0.1) is 0 Å². The van der Waals surface area contributed by atoms with Crippen LogP contribution in [-0.2, 0) is 10.0 Å². The first-order valence-corrected chi connectivity index (χ1v) is 9.90. The Bertz CT molecular complexity index is 684. The minimum Gasteiger partial charge on any atom is -0.395 e. The van der Waals surface area contributed by atoms with Crippen LogP contribution < -0.4 is 4.72 Å². The van der Waals surface area contributed by atoms with Gasteiger partial charge in [0, 0.05) is 24.7 Å². The molecule has 24 heavy (non-hydrogen) atoms. The van der Waals surface area contributed by atoms with Crippen molar-refractivity contribution in [1.29, 1.82) is 0 Å². The van der Waals surface area contributed by atoms with Crippen molar-refractivity contribution in [3.8, 4) is 0 Å². The van der Waals surface area contributed by atoms with Gasteiger partial charge in [0.05, 0.1) is 11.5 Å². The number of aliphatic hydroxyl groups excluding tert-OH is 1. The average molecular weight is 354 g/mol. The van der Waals surface area contributed by atoms with E-state index in [1.54, 1.807) is 17.9 Å². The summed E-state index contributed by atoms with van der Waals surface area (Å²) in [4.78, 5) is 14.5. The van der Waals surface area contributed by atoms with Crippen LogP contribution in [0.2, 0.25) is 0 Å². The van der Waals surface area contributed by atoms with Gasteiger partial charge in [0.15, 0.2) is 0 Å². The molecule has 134 valence electrons. The monoisotopic (exact) mass is 354 g/mol. The van der Waals surface area contributed by atoms with Gasteiger partial charge in [0.1, 0.15) is 0 Å². The molecule has 6 nitrogen and oxygen atoms in total. The Morgan fingerprint density at radius 1 is 1.33 bits per heavy atom. The van der Waals surface area contributed by atoms with E-state index in [2.05, 4.69) is 4.72 Å². The van der Waals surface area contributed by atoms with Crippen LogP contribution in [0.3, 0.4) is 0 Å². The van der Waals surface area contributed by atoms with Crippen molar-refractivity contribution in [2.24, 2.45) is 0 Å². The van der Waals surface area contributed by atoms with E-state index in [0.717, 1.165) is 31.2 Å². The first-order chi connectivity index (χ1) is 11.4. The molecule has 0 aliphatic heterocycles. The molecule has 0 heterocycles. The third kappa shape index (κ3) is 4.78. The summed E-state index contributed by atoms with van der Waals surface area (Å²) in [5, 5.41) is 9.19. The summed E-state index contributed by atoms with van der Waals surface area (Å²) < 4.78 is 27.3. The Hall–Kier alpha value is -1.44. The Balaban J connectivity index is 2.27. The number of sulfonamides is 1. The summed E-state index contributed by atoms with van der Waals surface area (Å²) in [6.45, 7) is 4.50. The zero-order chi connectivity index (χ0) is 17.7. The highest BCUT2D eigenvalue weighted by molar-refractivity contribution is 7.89. The van der Waals surface area contributed by atoms with Gasteiger partial charge in [-0.1, -0.05) is 19.4 Å². The second-order valence-corrected chi connectivity index (χ2v) is 7.96. The minimum absolute atomic E-state index is 0.0193. The SMILES string of the molecule is CCCCN(CCO)C(=O)c1cc(S(=O)(=O)NC2CC2)ccc1C. The molecule has 1 aromatic carbocycles. The van der Waals surface area contributed by atoms with Crippen LogP contribution in [-0.4, -0.2) is 50.1 Å². The molecule has 1 fully saturated rings. The van der Waals surface area contributed by atoms with Gasteiger partial charge in [-0.2, -0.15) is 0 Å². The highest BCUT2D eigenvalue weighted by Crippen LogP contribution is 2.23. The molecule has 1 aromatic rings. The lowest BCUT2D eigenvalue weighted by atomic mass is 10.1. The first kappa shape index (κ1) is 18.9. The number of amides is 1. The van der Waals surface area contributed by atoms with Gasteiger partial charge in [0.2, 0.25) is 10.0 Å². The Labute approximate surface area is 143 Å². The molecule has 0 bridgehead atoms. The van der Waals surface area contributed by atoms with Crippen molar-refractivity contribution in [1.82, 2.24) is 9.62 Å². The molecule has 0 saturated heterocycles. The van der Waals surface area contributed by atoms with Crippen LogP contribution in [0.5, 0.6) is 0 Å². The Kier molecular flexibility index (Phi) is 6.37. The van der Waals surface area contributed by atoms with Crippen molar-refractivity contribution < 1.29 is 18.3 Å². The molecule has 1 aliphatic carbocycles. The molecule has 2 N–H and O–H groups in total. The van der Waals surface area contributed by atoms with Crippen molar-refractivity contribution in [3.63, 3.8) is 0 Å². The van der Waals surface area contributed by atoms with E-state index >= 15 is 0 Å². The summed E-state index contributed by atoms with van der Waals surface area (Å²) in [6.07, 6.45) is 3.50. The largest absolute Gasteiger partial charge is 0.395 e. The minimum atomic E-state index is -3.59. The van der Waals surface area contributed by atoms with Gasteiger partial charge in [0.25, 0.3) is 5.91 Å². The molecular formula is C17H26N2O4S. The Morgan fingerprint density at radius 2 is 2.04 bits per heavy atom. The molecule has 1 aliphatic rings. The van der Waals surface area contributed by atoms with E-state index in [9.17, 15) is 18.3 Å². The molecule has 1 saturated carbocycles. The topological polar surface area (TPSA) is 86.7 Å². The second kappa shape index (κ2) is 8.09. The number of benzene rings is 1. The number of hydrogen-bond donors (Lipinski definition) is 2. The molecule has 0 atom stereocenters. The van der Waals surface area contributed by atoms with Crippen molar-refractivity contribution in [2.45, 2.75) is 50.5 Å². The number of carbonyl (C=O) groups is 1. The number of carbonyl (C=O) groups excluding carboxylic acids is 1. The molecule has 0 aromatic heterocycles. The van der Waals surface area contributed by atoms with Crippen LogP contribution in [0.25, 0.3) is 0 Å². The zero-order valence-corrected chi connectivity index (χ0v) is 15.1. The molecule has 0 spiro atoms. The molecule has 0 radical (unpaired) electrons. The summed E-state index contributed by atoms with van der Waals surface area (Å²) in [6, 6.07) is 4.65. The first-order valence-electron chi connectivity index (χ1n) is 8.42. The average Bonchev–Trinajstić information content (AvgIpc) is 3.34. The van der Waals surface area contributed by atoms with E-state index in [1.165, 1.54) is 12.1 Å². The van der Waals surface area contributed by atoms with E-state index in [4.69, 9.17) is 0 Å². The number of aryl methyl sites for hydroxylation is 1. The predicted octanol–water partition coefficient (Wildman–Crippen LogP) is 1.67. The van der Waals surface area contributed by atoms with Crippen LogP contribution in [0.15, 0.2) is 23.1 Å². The number of hydrogen-bond acceptors (Lipinski definition) is 4. The summed E-state index contributed by atoms with van der Waals surface area (Å²) in [5.74, 6) is -0.238. The predicted molar refractivity (Wildman–Crippen MR) is 92.4 cm³/mol. The smallest absolute Gasteiger partial charge is 0.254 e. The molecular weight excluding hydrogens is 328 g/mol. The second-order valence-electron chi connectivity index (χ2n) is 6.24. The van der Waals surface area contributed by atoms with Gasteiger partial charge in [-0.25, -0.2) is 13.1 Å². The quantitative estimate of drug-likeness (QED) is 0.706. The normalized spacial score (nSPS) is 14.6. The summed E-state index contributed by atoms with van der Waals surface area (Å²) >= 11 is 0. The number of nitrogens with one attached hydrogen (secondary N) is 1. The van der Waals surface area contributed by atoms with Crippen LogP contribution in [0.4, 0.5) is 0 Å². The molecule has 0 unspecified atom stereocenters. The van der Waals surface area contributed by atoms with E-state index in [-0.39, 0.29) is 30.0 Å². The van der Waals surface area contributed by atoms with Crippen LogP contribution >= 0.6 is 0 Å². The zero-order valence-electron chi connectivity index (χ0n) is 14.3. The lowest BCUT2D eigenvalue weighted by molar-refractivity contribution is 0.0718. The fourth-order valence-corrected chi connectivity index (χ4v) is 3.77. The highest BCUT2D eigenvalue weighted by atomic mass is 32.2. The maximum atomic E-state index is 12.8. The van der Waals surface area contributed by atoms with Crippen molar-refractivity contribution in [3.05, 3.63) is 29.3 Å². The Morgan fingerprint density at radius 3 is 2.62 bits per heavy atom. The maximum Gasteiger partial charge on any atom is 0.254 e. The molecule has 2 rings (SSSR count). The van der Waals surface area contributed by atoms with Gasteiger partial charge < -0.3 is 10.0 Å². The van der Waals surface area contributed by atoms with Crippen LogP contribution in [0.1, 0.15) is 48.5 Å². The number of nitrogens with zero attached hydrogens (tertiary/aromatic N) is 1. The fourth-order valence-electron chi connectivity index (χ4n) is 2.44. The summed E-state index contributed by atoms with van der Waals surface area (Å²) in [5.41, 5.74) is 1.10. The van der Waals surface area contributed by atoms with Crippen molar-refractivity contribution >= 4 is 15.9 Å². The molecule has 7 heteroatoms. The van der Waals surface area contributed by atoms with Gasteiger partial charge in [-0.05, 0) is 43.9 Å². The van der Waals surface area contributed by atoms with Gasteiger partial charge >= 0.3 is 0 Å². The van der Waals surface area contributed by atoms with E-state index in [0.29, 0.717) is 12.1 Å². The van der Waals surface area contributed by atoms with Crippen molar-refractivity contribution in [2.75, 3.05) is 19.7 Å². The number of rotatable bonds is 9. The van der Waals surface area contributed by atoms with E-state index < -0.39 is 10.0 Å².